The first-order valence-corrected chi connectivity index (χ1v) is 10.5. The topological polar surface area (TPSA) is 94.7 Å². The fraction of sp³-hybridized carbons (Fsp3) is 0.333. The van der Waals surface area contributed by atoms with Crippen LogP contribution in [0.4, 0.5) is 5.82 Å². The minimum Gasteiger partial charge on any atom is -0.495 e. The molecule has 0 spiro atoms. The number of aryl methyl sites for hydroxylation is 1. The van der Waals surface area contributed by atoms with Gasteiger partial charge in [0.15, 0.2) is 5.82 Å². The first kappa shape index (κ1) is 18.4. The van der Waals surface area contributed by atoms with E-state index in [-0.39, 0.29) is 6.04 Å². The molecule has 0 amide bonds. The zero-order chi connectivity index (χ0) is 20.1. The summed E-state index contributed by atoms with van der Waals surface area (Å²) < 4.78 is 8.67. The molecule has 1 aliphatic heterocycles. The molecule has 4 N–H and O–H groups in total. The third-order valence-electron chi connectivity index (χ3n) is 5.56. The second-order valence-corrected chi connectivity index (χ2v) is 8.79. The first-order valence-electron chi connectivity index (χ1n) is 9.71. The van der Waals surface area contributed by atoms with Crippen LogP contribution in [-0.4, -0.2) is 45.7 Å². The number of anilines is 1. The Labute approximate surface area is 172 Å². The summed E-state index contributed by atoms with van der Waals surface area (Å²) in [6.45, 7) is 4.78. The largest absolute Gasteiger partial charge is 0.495 e. The number of thiophene rings is 1. The lowest BCUT2D eigenvalue weighted by atomic mass is 10.1. The maximum atomic E-state index is 6.29. The Morgan fingerprint density at radius 1 is 1.28 bits per heavy atom. The molecule has 4 aromatic rings. The normalized spacial score (nSPS) is 17.6. The number of ether oxygens (including phenoxy) is 1. The fourth-order valence-corrected chi connectivity index (χ4v) is 5.37. The van der Waals surface area contributed by atoms with Crippen molar-refractivity contribution in [1.82, 2.24) is 19.5 Å². The van der Waals surface area contributed by atoms with Gasteiger partial charge in [-0.1, -0.05) is 6.07 Å². The molecular formula is C21H24N6OS. The lowest BCUT2D eigenvalue weighted by Crippen LogP contribution is -2.26. The van der Waals surface area contributed by atoms with Gasteiger partial charge in [0, 0.05) is 36.1 Å². The summed E-state index contributed by atoms with van der Waals surface area (Å²) in [5, 5.41) is 5.67. The van der Waals surface area contributed by atoms with Gasteiger partial charge in [-0.05, 0) is 42.5 Å². The van der Waals surface area contributed by atoms with Gasteiger partial charge in [0.25, 0.3) is 0 Å². The van der Waals surface area contributed by atoms with Gasteiger partial charge in [-0.2, -0.15) is 5.10 Å². The van der Waals surface area contributed by atoms with Crippen LogP contribution in [0, 0.1) is 6.92 Å². The molecule has 0 saturated carbocycles. The van der Waals surface area contributed by atoms with Crippen molar-refractivity contribution in [1.29, 1.82) is 0 Å². The number of nitrogen functional groups attached to an aromatic ring is 1. The molecule has 5 rings (SSSR count). The number of benzene rings is 1. The molecule has 0 bridgehead atoms. The second-order valence-electron chi connectivity index (χ2n) is 7.74. The highest BCUT2D eigenvalue weighted by molar-refractivity contribution is 7.22. The zero-order valence-electron chi connectivity index (χ0n) is 16.6. The maximum absolute atomic E-state index is 6.29. The molecule has 3 aromatic heterocycles. The van der Waals surface area contributed by atoms with Crippen LogP contribution in [0.2, 0.25) is 0 Å². The quantitative estimate of drug-likeness (QED) is 0.539. The number of rotatable bonds is 4. The number of fused-ring (bicyclic) bond motifs is 2. The zero-order valence-corrected chi connectivity index (χ0v) is 17.4. The van der Waals surface area contributed by atoms with Crippen molar-refractivity contribution in [2.24, 2.45) is 5.73 Å². The molecule has 7 nitrogen and oxygen atoms in total. The molecule has 0 aliphatic carbocycles. The minimum absolute atomic E-state index is 0.249. The number of hydrogen-bond acceptors (Lipinski definition) is 7. The summed E-state index contributed by atoms with van der Waals surface area (Å²) in [4.78, 5) is 7.74. The van der Waals surface area contributed by atoms with E-state index < -0.39 is 0 Å². The molecule has 0 radical (unpaired) electrons. The molecule has 150 valence electrons. The molecule has 1 saturated heterocycles. The van der Waals surface area contributed by atoms with Crippen molar-refractivity contribution < 1.29 is 4.74 Å². The average Bonchev–Trinajstić information content (AvgIpc) is 3.39. The third kappa shape index (κ3) is 3.13. The number of aromatic nitrogens is 3. The van der Waals surface area contributed by atoms with Crippen LogP contribution >= 0.6 is 11.3 Å². The van der Waals surface area contributed by atoms with Crippen molar-refractivity contribution in [3.05, 3.63) is 41.9 Å². The SMILES string of the molecule is COc1cc(C)cc2cc(-c3cc(CN4CC[C@@H](N)C4)n4ncnc(N)c34)sc12. The van der Waals surface area contributed by atoms with Gasteiger partial charge in [-0.25, -0.2) is 9.50 Å². The number of hydrogen-bond donors (Lipinski definition) is 2. The highest BCUT2D eigenvalue weighted by Gasteiger charge is 2.23. The maximum Gasteiger partial charge on any atom is 0.152 e. The first-order chi connectivity index (χ1) is 14.0. The van der Waals surface area contributed by atoms with Gasteiger partial charge < -0.3 is 16.2 Å². The number of likely N-dealkylation sites (tertiary alicyclic amines) is 1. The summed E-state index contributed by atoms with van der Waals surface area (Å²) in [6.07, 6.45) is 2.55. The van der Waals surface area contributed by atoms with Crippen molar-refractivity contribution in [3.8, 4) is 16.2 Å². The van der Waals surface area contributed by atoms with E-state index in [0.717, 1.165) is 58.2 Å². The standard InChI is InChI=1S/C21H24N6OS/c1-12-5-13-7-18(29-20(13)17(6-12)28-2)16-8-15(10-26-4-3-14(22)9-26)27-19(16)21(23)24-11-25-27/h5-8,11,14H,3-4,9-10,22H2,1-2H3,(H2,23,24,25)/t14-/m1/s1. The van der Waals surface area contributed by atoms with Crippen LogP contribution in [0.3, 0.4) is 0 Å². The number of nitrogens with zero attached hydrogens (tertiary/aromatic N) is 4. The highest BCUT2D eigenvalue weighted by Crippen LogP contribution is 2.42. The Morgan fingerprint density at radius 3 is 2.90 bits per heavy atom. The molecule has 1 fully saturated rings. The Balaban J connectivity index is 1.66. The Kier molecular flexibility index (Phi) is 4.42. The minimum atomic E-state index is 0.249. The Hall–Kier alpha value is -2.68. The predicted molar refractivity (Wildman–Crippen MR) is 117 cm³/mol. The van der Waals surface area contributed by atoms with Crippen molar-refractivity contribution in [2.75, 3.05) is 25.9 Å². The van der Waals surface area contributed by atoms with E-state index in [1.807, 2.05) is 4.52 Å². The molecule has 1 atom stereocenters. The fourth-order valence-electron chi connectivity index (χ4n) is 4.22. The van der Waals surface area contributed by atoms with Gasteiger partial charge >= 0.3 is 0 Å². The van der Waals surface area contributed by atoms with Gasteiger partial charge in [0.1, 0.15) is 17.6 Å². The van der Waals surface area contributed by atoms with E-state index in [0.29, 0.717) is 5.82 Å². The smallest absolute Gasteiger partial charge is 0.152 e. The van der Waals surface area contributed by atoms with Crippen molar-refractivity contribution >= 4 is 32.8 Å². The second kappa shape index (κ2) is 6.98. The van der Waals surface area contributed by atoms with Crippen LogP contribution in [0.25, 0.3) is 26.0 Å². The molecule has 0 unspecified atom stereocenters. The van der Waals surface area contributed by atoms with Crippen molar-refractivity contribution in [3.63, 3.8) is 0 Å². The van der Waals surface area contributed by atoms with E-state index in [1.165, 1.54) is 17.3 Å². The van der Waals surface area contributed by atoms with Crippen LogP contribution < -0.4 is 16.2 Å². The summed E-state index contributed by atoms with van der Waals surface area (Å²) in [6, 6.07) is 8.89. The summed E-state index contributed by atoms with van der Waals surface area (Å²) in [7, 11) is 1.71. The summed E-state index contributed by atoms with van der Waals surface area (Å²) in [5.74, 6) is 1.38. The molecule has 1 aliphatic rings. The predicted octanol–water partition coefficient (Wildman–Crippen LogP) is 3.04. The van der Waals surface area contributed by atoms with Gasteiger partial charge in [0.05, 0.1) is 17.5 Å². The van der Waals surface area contributed by atoms with E-state index in [1.54, 1.807) is 18.4 Å². The van der Waals surface area contributed by atoms with Gasteiger partial charge in [-0.15, -0.1) is 11.3 Å². The van der Waals surface area contributed by atoms with E-state index in [9.17, 15) is 0 Å². The molecule has 4 heterocycles. The van der Waals surface area contributed by atoms with Crippen LogP contribution in [0.5, 0.6) is 5.75 Å². The molecular weight excluding hydrogens is 384 g/mol. The van der Waals surface area contributed by atoms with Gasteiger partial charge in [-0.3, -0.25) is 4.90 Å². The van der Waals surface area contributed by atoms with Crippen LogP contribution in [0.1, 0.15) is 17.7 Å². The highest BCUT2D eigenvalue weighted by atomic mass is 32.1. The number of nitrogens with two attached hydrogens (primary N) is 2. The van der Waals surface area contributed by atoms with Crippen molar-refractivity contribution in [2.45, 2.75) is 25.9 Å². The average molecular weight is 409 g/mol. The van der Waals surface area contributed by atoms with Crippen LogP contribution in [0.15, 0.2) is 30.6 Å². The summed E-state index contributed by atoms with van der Waals surface area (Å²) in [5.41, 5.74) is 16.6. The molecule has 29 heavy (non-hydrogen) atoms. The third-order valence-corrected chi connectivity index (χ3v) is 6.76. The Morgan fingerprint density at radius 2 is 2.14 bits per heavy atom. The van der Waals surface area contributed by atoms with E-state index >= 15 is 0 Å². The molecule has 8 heteroatoms. The van der Waals surface area contributed by atoms with Crippen LogP contribution in [-0.2, 0) is 6.54 Å². The van der Waals surface area contributed by atoms with E-state index in [4.69, 9.17) is 16.2 Å². The lowest BCUT2D eigenvalue weighted by molar-refractivity contribution is 0.320. The monoisotopic (exact) mass is 408 g/mol. The van der Waals surface area contributed by atoms with E-state index in [2.05, 4.69) is 46.2 Å². The summed E-state index contributed by atoms with van der Waals surface area (Å²) >= 11 is 1.71. The Bertz CT molecular complexity index is 1210. The van der Waals surface area contributed by atoms with Gasteiger partial charge in [0.2, 0.25) is 0 Å². The number of methoxy groups -OCH3 is 1. The molecule has 1 aromatic carbocycles. The lowest BCUT2D eigenvalue weighted by Gasteiger charge is -2.14.